The van der Waals surface area contributed by atoms with Gasteiger partial charge in [-0.25, -0.2) is 9.78 Å². The number of carbonyl (C=O) groups is 2. The zero-order chi connectivity index (χ0) is 17.0. The Hall–Kier alpha value is -2.70. The van der Waals surface area contributed by atoms with E-state index in [9.17, 15) is 9.59 Å². The van der Waals surface area contributed by atoms with E-state index in [1.54, 1.807) is 11.0 Å². The molecule has 1 aliphatic rings. The number of hydrogen-bond acceptors (Lipinski definition) is 4. The van der Waals surface area contributed by atoms with E-state index in [0.29, 0.717) is 13.0 Å². The first-order valence-corrected chi connectivity index (χ1v) is 8.19. The van der Waals surface area contributed by atoms with Crippen LogP contribution in [0.25, 0.3) is 0 Å². The van der Waals surface area contributed by atoms with Crippen LogP contribution in [-0.2, 0) is 16.9 Å². The van der Waals surface area contributed by atoms with Gasteiger partial charge >= 0.3 is 6.03 Å². The molecule has 1 unspecified atom stereocenters. The SMILES string of the molecule is CCCCC1(c2ccccc2)NC(=O)N(CCn2cncn2)C1=O. The molecule has 0 radical (unpaired) electrons. The van der Waals surface area contributed by atoms with Gasteiger partial charge in [-0.15, -0.1) is 0 Å². The Morgan fingerprint density at radius 1 is 1.17 bits per heavy atom. The lowest BCUT2D eigenvalue weighted by Crippen LogP contribution is -2.44. The summed E-state index contributed by atoms with van der Waals surface area (Å²) in [5.74, 6) is -0.188. The molecule has 126 valence electrons. The van der Waals surface area contributed by atoms with E-state index in [2.05, 4.69) is 22.3 Å². The highest BCUT2D eigenvalue weighted by Gasteiger charge is 2.51. The summed E-state index contributed by atoms with van der Waals surface area (Å²) in [5.41, 5.74) is -0.128. The summed E-state index contributed by atoms with van der Waals surface area (Å²) in [6, 6.07) is 9.13. The molecule has 1 aromatic heterocycles. The van der Waals surface area contributed by atoms with Crippen molar-refractivity contribution in [3.05, 3.63) is 48.5 Å². The Morgan fingerprint density at radius 2 is 1.96 bits per heavy atom. The molecule has 1 fully saturated rings. The molecule has 0 aliphatic carbocycles. The lowest BCUT2D eigenvalue weighted by atomic mass is 9.85. The number of nitrogens with one attached hydrogen (secondary N) is 1. The van der Waals surface area contributed by atoms with Crippen molar-refractivity contribution in [2.75, 3.05) is 6.54 Å². The second-order valence-corrected chi connectivity index (χ2v) is 5.92. The standard InChI is InChI=1S/C17H21N5O2/c1-2-3-9-17(14-7-5-4-6-8-14)15(23)22(16(24)20-17)11-10-21-13-18-12-19-21/h4-8,12-13H,2-3,9-11H2,1H3,(H,20,24). The molecule has 7 nitrogen and oxygen atoms in total. The van der Waals surface area contributed by atoms with Gasteiger partial charge in [-0.1, -0.05) is 50.1 Å². The fourth-order valence-electron chi connectivity index (χ4n) is 3.05. The average molecular weight is 327 g/mol. The first kappa shape index (κ1) is 16.2. The minimum Gasteiger partial charge on any atom is -0.319 e. The molecule has 2 heterocycles. The monoisotopic (exact) mass is 327 g/mol. The van der Waals surface area contributed by atoms with Gasteiger partial charge in [0, 0.05) is 0 Å². The Kier molecular flexibility index (Phi) is 4.59. The Balaban J connectivity index is 1.84. The summed E-state index contributed by atoms with van der Waals surface area (Å²) in [6.07, 6.45) is 5.41. The molecule has 1 aliphatic heterocycles. The highest BCUT2D eigenvalue weighted by molar-refractivity contribution is 6.07. The fraction of sp³-hybridized carbons (Fsp3) is 0.412. The number of unbranched alkanes of at least 4 members (excludes halogenated alkanes) is 1. The van der Waals surface area contributed by atoms with Crippen LogP contribution in [0, 0.1) is 0 Å². The highest BCUT2D eigenvalue weighted by atomic mass is 16.2. The average Bonchev–Trinajstić information content (AvgIpc) is 3.20. The van der Waals surface area contributed by atoms with Crippen molar-refractivity contribution in [3.8, 4) is 0 Å². The number of imide groups is 1. The molecule has 0 saturated carbocycles. The summed E-state index contributed by atoms with van der Waals surface area (Å²) >= 11 is 0. The van der Waals surface area contributed by atoms with Crippen molar-refractivity contribution in [3.63, 3.8) is 0 Å². The maximum atomic E-state index is 13.1. The van der Waals surface area contributed by atoms with E-state index in [1.165, 1.54) is 11.2 Å². The zero-order valence-electron chi connectivity index (χ0n) is 13.7. The van der Waals surface area contributed by atoms with Gasteiger partial charge in [-0.2, -0.15) is 5.10 Å². The molecule has 1 N–H and O–H groups in total. The molecular formula is C17H21N5O2. The van der Waals surface area contributed by atoms with Crippen LogP contribution in [-0.4, -0.2) is 38.1 Å². The molecule has 1 aromatic carbocycles. The van der Waals surface area contributed by atoms with E-state index in [4.69, 9.17) is 0 Å². The van der Waals surface area contributed by atoms with E-state index in [1.807, 2.05) is 30.3 Å². The van der Waals surface area contributed by atoms with Crippen LogP contribution in [0.4, 0.5) is 4.79 Å². The summed E-state index contributed by atoms with van der Waals surface area (Å²) in [7, 11) is 0. The summed E-state index contributed by atoms with van der Waals surface area (Å²) < 4.78 is 1.61. The number of hydrogen-bond donors (Lipinski definition) is 1. The smallest absolute Gasteiger partial charge is 0.319 e. The zero-order valence-corrected chi connectivity index (χ0v) is 13.7. The maximum Gasteiger partial charge on any atom is 0.325 e. The second-order valence-electron chi connectivity index (χ2n) is 5.92. The van der Waals surface area contributed by atoms with Crippen LogP contribution >= 0.6 is 0 Å². The maximum absolute atomic E-state index is 13.1. The number of benzene rings is 1. The Bertz CT molecular complexity index is 701. The number of rotatable bonds is 7. The van der Waals surface area contributed by atoms with Gasteiger partial charge in [0.25, 0.3) is 5.91 Å². The largest absolute Gasteiger partial charge is 0.325 e. The number of nitrogens with zero attached hydrogens (tertiary/aromatic N) is 4. The number of aromatic nitrogens is 3. The first-order valence-electron chi connectivity index (χ1n) is 8.19. The van der Waals surface area contributed by atoms with Crippen LogP contribution in [0.5, 0.6) is 0 Å². The minimum atomic E-state index is -0.962. The van der Waals surface area contributed by atoms with Crippen LogP contribution in [0.1, 0.15) is 31.7 Å². The number of amides is 3. The van der Waals surface area contributed by atoms with Gasteiger partial charge in [0.05, 0.1) is 13.1 Å². The van der Waals surface area contributed by atoms with Crippen LogP contribution in [0.15, 0.2) is 43.0 Å². The quantitative estimate of drug-likeness (QED) is 0.788. The molecule has 0 spiro atoms. The van der Waals surface area contributed by atoms with Crippen molar-refractivity contribution in [2.24, 2.45) is 0 Å². The molecular weight excluding hydrogens is 306 g/mol. The van der Waals surface area contributed by atoms with Gasteiger partial charge in [-0.3, -0.25) is 14.4 Å². The second kappa shape index (κ2) is 6.82. The topological polar surface area (TPSA) is 80.1 Å². The highest BCUT2D eigenvalue weighted by Crippen LogP contribution is 2.34. The molecule has 3 amide bonds. The van der Waals surface area contributed by atoms with Crippen LogP contribution in [0.3, 0.4) is 0 Å². The van der Waals surface area contributed by atoms with E-state index >= 15 is 0 Å². The lowest BCUT2D eigenvalue weighted by molar-refractivity contribution is -0.132. The molecule has 1 atom stereocenters. The lowest BCUT2D eigenvalue weighted by Gasteiger charge is -2.27. The molecule has 7 heteroatoms. The number of carbonyl (C=O) groups excluding carboxylic acids is 2. The molecule has 2 aromatic rings. The van der Waals surface area contributed by atoms with E-state index in [-0.39, 0.29) is 18.5 Å². The van der Waals surface area contributed by atoms with Crippen molar-refractivity contribution in [2.45, 2.75) is 38.3 Å². The van der Waals surface area contributed by atoms with Crippen molar-refractivity contribution in [1.29, 1.82) is 0 Å². The third-order valence-electron chi connectivity index (χ3n) is 4.37. The summed E-state index contributed by atoms with van der Waals surface area (Å²) in [4.78, 5) is 30.7. The van der Waals surface area contributed by atoms with Crippen LogP contribution in [0.2, 0.25) is 0 Å². The summed E-state index contributed by atoms with van der Waals surface area (Å²) in [5, 5.41) is 6.95. The Morgan fingerprint density at radius 3 is 2.62 bits per heavy atom. The molecule has 24 heavy (non-hydrogen) atoms. The van der Waals surface area contributed by atoms with Gasteiger partial charge in [0.15, 0.2) is 0 Å². The normalized spacial score (nSPS) is 20.5. The van der Waals surface area contributed by atoms with Crippen molar-refractivity contribution in [1.82, 2.24) is 25.0 Å². The molecule has 1 saturated heterocycles. The van der Waals surface area contributed by atoms with Gasteiger partial charge in [0.2, 0.25) is 0 Å². The molecule has 0 bridgehead atoms. The van der Waals surface area contributed by atoms with E-state index in [0.717, 1.165) is 18.4 Å². The van der Waals surface area contributed by atoms with Crippen molar-refractivity contribution < 1.29 is 9.59 Å². The predicted molar refractivity (Wildman–Crippen MR) is 87.9 cm³/mol. The van der Waals surface area contributed by atoms with Gasteiger partial charge < -0.3 is 5.32 Å². The third-order valence-corrected chi connectivity index (χ3v) is 4.37. The minimum absolute atomic E-state index is 0.188. The fourth-order valence-corrected chi connectivity index (χ4v) is 3.05. The number of urea groups is 1. The first-order chi connectivity index (χ1) is 11.7. The van der Waals surface area contributed by atoms with Gasteiger partial charge in [-0.05, 0) is 12.0 Å². The van der Waals surface area contributed by atoms with E-state index < -0.39 is 5.54 Å². The Labute approximate surface area is 140 Å². The van der Waals surface area contributed by atoms with Crippen LogP contribution < -0.4 is 5.32 Å². The van der Waals surface area contributed by atoms with Gasteiger partial charge in [0.1, 0.15) is 18.2 Å². The van der Waals surface area contributed by atoms with Crippen molar-refractivity contribution >= 4 is 11.9 Å². The molecule has 3 rings (SSSR count). The summed E-state index contributed by atoms with van der Waals surface area (Å²) in [6.45, 7) is 2.77. The predicted octanol–water partition coefficient (Wildman–Crippen LogP) is 1.92. The third kappa shape index (κ3) is 2.89.